The van der Waals surface area contributed by atoms with Crippen molar-refractivity contribution in [2.45, 2.75) is 18.9 Å². The number of hydrogen-bond donors (Lipinski definition) is 1. The summed E-state index contributed by atoms with van der Waals surface area (Å²) < 4.78 is 5.30. The van der Waals surface area contributed by atoms with Crippen LogP contribution in [0.25, 0.3) is 0 Å². The number of benzene rings is 1. The number of carboxylic acid groups (broad SMARTS) is 1. The van der Waals surface area contributed by atoms with Gasteiger partial charge in [0.15, 0.2) is 6.61 Å². The Hall–Kier alpha value is -2.04. The van der Waals surface area contributed by atoms with Gasteiger partial charge in [-0.25, -0.2) is 4.79 Å². The van der Waals surface area contributed by atoms with E-state index in [9.17, 15) is 9.59 Å². The third kappa shape index (κ3) is 2.80. The van der Waals surface area contributed by atoms with Gasteiger partial charge in [-0.2, -0.15) is 0 Å². The molecule has 0 aromatic heterocycles. The van der Waals surface area contributed by atoms with Crippen molar-refractivity contribution in [2.75, 3.05) is 13.2 Å². The van der Waals surface area contributed by atoms with Crippen molar-refractivity contribution in [3.63, 3.8) is 0 Å². The summed E-state index contributed by atoms with van der Waals surface area (Å²) in [6.45, 7) is 0.357. The van der Waals surface area contributed by atoms with Crippen LogP contribution in [0.1, 0.15) is 12.8 Å². The van der Waals surface area contributed by atoms with E-state index in [0.29, 0.717) is 18.7 Å². The van der Waals surface area contributed by atoms with Crippen LogP contribution in [0.15, 0.2) is 24.3 Å². The van der Waals surface area contributed by atoms with E-state index in [1.54, 1.807) is 24.3 Å². The molecule has 1 aliphatic heterocycles. The Morgan fingerprint density at radius 1 is 1.44 bits per heavy atom. The molecule has 1 atom stereocenters. The van der Waals surface area contributed by atoms with E-state index in [2.05, 4.69) is 6.07 Å². The molecule has 0 aliphatic carbocycles. The van der Waals surface area contributed by atoms with Gasteiger partial charge in [0.2, 0.25) is 0 Å². The molecule has 1 radical (unpaired) electrons. The molecule has 1 aromatic rings. The number of rotatable bonds is 4. The molecule has 5 heteroatoms. The standard InChI is InChI=1S/C13H14NO4/c15-12(9-18-10-5-2-1-3-6-10)14-8-4-7-11(14)13(16)17/h2-3,5-6,11H,4,7-9H2,(H,16,17). The summed E-state index contributed by atoms with van der Waals surface area (Å²) in [6, 6.07) is 8.92. The molecule has 1 unspecified atom stereocenters. The molecule has 5 nitrogen and oxygen atoms in total. The number of aliphatic carboxylic acids is 1. The highest BCUT2D eigenvalue weighted by Gasteiger charge is 2.33. The van der Waals surface area contributed by atoms with Crippen LogP contribution in [0.4, 0.5) is 0 Å². The van der Waals surface area contributed by atoms with Gasteiger partial charge in [-0.05, 0) is 31.0 Å². The zero-order valence-electron chi connectivity index (χ0n) is 9.83. The Morgan fingerprint density at radius 2 is 2.17 bits per heavy atom. The zero-order valence-corrected chi connectivity index (χ0v) is 9.83. The summed E-state index contributed by atoms with van der Waals surface area (Å²) in [5.41, 5.74) is 0. The van der Waals surface area contributed by atoms with E-state index in [-0.39, 0.29) is 12.5 Å². The fourth-order valence-electron chi connectivity index (χ4n) is 2.02. The van der Waals surface area contributed by atoms with Crippen LogP contribution in [-0.2, 0) is 9.59 Å². The molecule has 0 spiro atoms. The van der Waals surface area contributed by atoms with Crippen LogP contribution in [0.2, 0.25) is 0 Å². The van der Waals surface area contributed by atoms with E-state index >= 15 is 0 Å². The maximum Gasteiger partial charge on any atom is 0.326 e. The Bertz CT molecular complexity index is 432. The van der Waals surface area contributed by atoms with Gasteiger partial charge in [-0.3, -0.25) is 4.79 Å². The van der Waals surface area contributed by atoms with Gasteiger partial charge in [0.25, 0.3) is 5.91 Å². The lowest BCUT2D eigenvalue weighted by Crippen LogP contribution is -2.42. The first-order valence-electron chi connectivity index (χ1n) is 5.79. The number of nitrogens with zero attached hydrogens (tertiary/aromatic N) is 1. The van der Waals surface area contributed by atoms with Crippen LogP contribution >= 0.6 is 0 Å². The molecular weight excluding hydrogens is 234 g/mol. The third-order valence-corrected chi connectivity index (χ3v) is 2.91. The average molecular weight is 248 g/mol. The smallest absolute Gasteiger partial charge is 0.326 e. The number of amides is 1. The summed E-state index contributed by atoms with van der Waals surface area (Å²) >= 11 is 0. The third-order valence-electron chi connectivity index (χ3n) is 2.91. The second kappa shape index (κ2) is 5.53. The quantitative estimate of drug-likeness (QED) is 0.861. The zero-order chi connectivity index (χ0) is 13.0. The molecule has 1 aliphatic rings. The number of hydrogen-bond acceptors (Lipinski definition) is 3. The van der Waals surface area contributed by atoms with Crippen LogP contribution in [-0.4, -0.2) is 41.1 Å². The first-order chi connectivity index (χ1) is 8.68. The summed E-state index contributed by atoms with van der Waals surface area (Å²) in [7, 11) is 0. The Morgan fingerprint density at radius 3 is 2.83 bits per heavy atom. The van der Waals surface area contributed by atoms with Gasteiger partial charge in [-0.1, -0.05) is 12.1 Å². The highest BCUT2D eigenvalue weighted by molar-refractivity contribution is 5.85. The van der Waals surface area contributed by atoms with Gasteiger partial charge in [0.05, 0.1) is 0 Å². The minimum Gasteiger partial charge on any atom is -0.484 e. The molecule has 1 aromatic carbocycles. The van der Waals surface area contributed by atoms with Crippen molar-refractivity contribution in [2.24, 2.45) is 0 Å². The molecule has 0 saturated carbocycles. The van der Waals surface area contributed by atoms with Gasteiger partial charge in [0, 0.05) is 6.54 Å². The highest BCUT2D eigenvalue weighted by atomic mass is 16.5. The number of likely N-dealkylation sites (tertiary alicyclic amines) is 1. The summed E-state index contributed by atoms with van der Waals surface area (Å²) in [5, 5.41) is 8.98. The highest BCUT2D eigenvalue weighted by Crippen LogP contribution is 2.18. The van der Waals surface area contributed by atoms with Crippen LogP contribution < -0.4 is 4.74 Å². The summed E-state index contributed by atoms with van der Waals surface area (Å²) in [6.07, 6.45) is 1.24. The van der Waals surface area contributed by atoms with Gasteiger partial charge in [0.1, 0.15) is 11.8 Å². The van der Waals surface area contributed by atoms with Crippen molar-refractivity contribution in [3.05, 3.63) is 30.3 Å². The maximum absolute atomic E-state index is 11.9. The van der Waals surface area contributed by atoms with E-state index in [0.717, 1.165) is 6.42 Å². The number of carbonyl (C=O) groups excluding carboxylic acids is 1. The van der Waals surface area contributed by atoms with Crippen molar-refractivity contribution in [1.82, 2.24) is 4.90 Å². The minimum absolute atomic E-state index is 0.131. The summed E-state index contributed by atoms with van der Waals surface area (Å²) in [4.78, 5) is 24.2. The van der Waals surface area contributed by atoms with Crippen molar-refractivity contribution >= 4 is 11.9 Å². The molecule has 1 saturated heterocycles. The van der Waals surface area contributed by atoms with Gasteiger partial charge >= 0.3 is 5.97 Å². The average Bonchev–Trinajstić information content (AvgIpc) is 2.86. The van der Waals surface area contributed by atoms with Crippen LogP contribution in [0.5, 0.6) is 5.75 Å². The Labute approximate surface area is 105 Å². The molecule has 18 heavy (non-hydrogen) atoms. The SMILES string of the molecule is O=C(O)C1CCCN1C(=O)COc1cc[c]cc1. The summed E-state index contributed by atoms with van der Waals surface area (Å²) in [5.74, 6) is -0.656. The fraction of sp³-hybridized carbons (Fsp3) is 0.385. The predicted molar refractivity (Wildman–Crippen MR) is 63.1 cm³/mol. The lowest BCUT2D eigenvalue weighted by molar-refractivity contribution is -0.148. The van der Waals surface area contributed by atoms with E-state index in [1.807, 2.05) is 0 Å². The first kappa shape index (κ1) is 12.4. The molecule has 1 heterocycles. The van der Waals surface area contributed by atoms with Gasteiger partial charge < -0.3 is 14.7 Å². The van der Waals surface area contributed by atoms with E-state index in [1.165, 1.54) is 4.90 Å². The van der Waals surface area contributed by atoms with E-state index < -0.39 is 12.0 Å². The Balaban J connectivity index is 1.90. The first-order valence-corrected chi connectivity index (χ1v) is 5.79. The number of carboxylic acids is 1. The van der Waals surface area contributed by atoms with Crippen molar-refractivity contribution in [3.8, 4) is 5.75 Å². The second-order valence-corrected chi connectivity index (χ2v) is 4.11. The molecule has 1 fully saturated rings. The largest absolute Gasteiger partial charge is 0.484 e. The fourth-order valence-corrected chi connectivity index (χ4v) is 2.02. The van der Waals surface area contributed by atoms with Crippen molar-refractivity contribution < 1.29 is 19.4 Å². The molecule has 1 N–H and O–H groups in total. The monoisotopic (exact) mass is 248 g/mol. The number of carbonyl (C=O) groups is 2. The second-order valence-electron chi connectivity index (χ2n) is 4.11. The molecule has 2 rings (SSSR count). The molecule has 95 valence electrons. The maximum atomic E-state index is 11.9. The van der Waals surface area contributed by atoms with Crippen LogP contribution in [0.3, 0.4) is 0 Å². The lowest BCUT2D eigenvalue weighted by Gasteiger charge is -2.21. The van der Waals surface area contributed by atoms with Crippen molar-refractivity contribution in [1.29, 1.82) is 0 Å². The Kier molecular flexibility index (Phi) is 3.82. The molecule has 0 bridgehead atoms. The van der Waals surface area contributed by atoms with Crippen LogP contribution in [0, 0.1) is 6.07 Å². The number of ether oxygens (including phenoxy) is 1. The minimum atomic E-state index is -0.949. The predicted octanol–water partition coefficient (Wildman–Crippen LogP) is 0.941. The molecule has 1 amide bonds. The lowest BCUT2D eigenvalue weighted by atomic mass is 10.2. The van der Waals surface area contributed by atoms with E-state index in [4.69, 9.17) is 9.84 Å². The van der Waals surface area contributed by atoms with Gasteiger partial charge in [-0.15, -0.1) is 0 Å². The molecular formula is C13H14NO4. The normalized spacial score (nSPS) is 18.7. The topological polar surface area (TPSA) is 66.8 Å².